The van der Waals surface area contributed by atoms with Crippen molar-refractivity contribution in [2.24, 2.45) is 0 Å². The molecule has 3 N–H and O–H groups in total. The van der Waals surface area contributed by atoms with E-state index in [4.69, 9.17) is 10.5 Å². The summed E-state index contributed by atoms with van der Waals surface area (Å²) in [6.07, 6.45) is 0. The van der Waals surface area contributed by atoms with E-state index in [2.05, 4.69) is 10.4 Å². The maximum Gasteiger partial charge on any atom is 0.200 e. The molecule has 9 nitrogen and oxygen atoms in total. The van der Waals surface area contributed by atoms with Gasteiger partial charge in [0.15, 0.2) is 11.5 Å². The molecule has 1 aliphatic rings. The zero-order valence-corrected chi connectivity index (χ0v) is 16.2. The number of ketones is 2. The van der Waals surface area contributed by atoms with Gasteiger partial charge in [-0.1, -0.05) is 24.3 Å². The Bertz CT molecular complexity index is 1320. The SMILES string of the molecule is COc1ccc(Nc2nn(C(C#N)=C3C(=O)c4ccccc4C3=O)c(N)c2C#N)cc1. The van der Waals surface area contributed by atoms with Crippen molar-refractivity contribution < 1.29 is 14.3 Å². The first-order chi connectivity index (χ1) is 15.0. The Morgan fingerprint density at radius 2 is 1.68 bits per heavy atom. The van der Waals surface area contributed by atoms with Crippen molar-refractivity contribution in [3.05, 3.63) is 70.8 Å². The van der Waals surface area contributed by atoms with E-state index in [0.717, 1.165) is 4.68 Å². The highest BCUT2D eigenvalue weighted by Gasteiger charge is 2.37. The first-order valence-corrected chi connectivity index (χ1v) is 9.03. The van der Waals surface area contributed by atoms with Crippen LogP contribution < -0.4 is 15.8 Å². The topological polar surface area (TPSA) is 147 Å². The number of nitrogens with zero attached hydrogens (tertiary/aromatic N) is 4. The van der Waals surface area contributed by atoms with Crippen molar-refractivity contribution in [2.45, 2.75) is 0 Å². The summed E-state index contributed by atoms with van der Waals surface area (Å²) in [5.74, 6) is -0.621. The summed E-state index contributed by atoms with van der Waals surface area (Å²) >= 11 is 0. The number of carbonyl (C=O) groups excluding carboxylic acids is 2. The number of ether oxygens (including phenoxy) is 1. The van der Waals surface area contributed by atoms with E-state index in [0.29, 0.717) is 11.4 Å². The van der Waals surface area contributed by atoms with Crippen LogP contribution in [0.15, 0.2) is 54.1 Å². The number of methoxy groups -OCH3 is 1. The van der Waals surface area contributed by atoms with E-state index in [1.165, 1.54) is 12.1 Å². The lowest BCUT2D eigenvalue weighted by molar-refractivity contribution is 0.0989. The van der Waals surface area contributed by atoms with Crippen LogP contribution in [0.3, 0.4) is 0 Å². The molecule has 0 aliphatic heterocycles. The first kappa shape index (κ1) is 19.4. The molecule has 0 spiro atoms. The number of carbonyl (C=O) groups is 2. The van der Waals surface area contributed by atoms with Crippen LogP contribution >= 0.6 is 0 Å². The highest BCUT2D eigenvalue weighted by molar-refractivity contribution is 6.42. The fraction of sp³-hybridized carbons (Fsp3) is 0.0455. The Labute approximate surface area is 176 Å². The van der Waals surface area contributed by atoms with E-state index in [-0.39, 0.29) is 39.6 Å². The van der Waals surface area contributed by atoms with Gasteiger partial charge in [0, 0.05) is 16.8 Å². The van der Waals surface area contributed by atoms with Crippen LogP contribution in [0.1, 0.15) is 26.3 Å². The number of aromatic nitrogens is 2. The van der Waals surface area contributed by atoms with Gasteiger partial charge >= 0.3 is 0 Å². The van der Waals surface area contributed by atoms with Crippen molar-refractivity contribution >= 4 is 34.6 Å². The van der Waals surface area contributed by atoms with Gasteiger partial charge in [0.25, 0.3) is 0 Å². The van der Waals surface area contributed by atoms with Gasteiger partial charge in [0.05, 0.1) is 7.11 Å². The molecule has 0 amide bonds. The van der Waals surface area contributed by atoms with Crippen LogP contribution in [0.2, 0.25) is 0 Å². The second kappa shape index (κ2) is 7.50. The van der Waals surface area contributed by atoms with Crippen LogP contribution in [-0.4, -0.2) is 28.5 Å². The highest BCUT2D eigenvalue weighted by atomic mass is 16.5. The minimum Gasteiger partial charge on any atom is -0.497 e. The van der Waals surface area contributed by atoms with Crippen molar-refractivity contribution in [2.75, 3.05) is 18.2 Å². The minimum atomic E-state index is -0.588. The molecule has 0 bridgehead atoms. The predicted octanol–water partition coefficient (Wildman–Crippen LogP) is 2.90. The smallest absolute Gasteiger partial charge is 0.200 e. The Morgan fingerprint density at radius 1 is 1.06 bits per heavy atom. The van der Waals surface area contributed by atoms with Gasteiger partial charge in [-0.05, 0) is 24.3 Å². The maximum atomic E-state index is 12.8. The molecule has 3 aromatic rings. The number of nitriles is 2. The molecule has 1 aromatic heterocycles. The van der Waals surface area contributed by atoms with E-state index in [9.17, 15) is 20.1 Å². The second-order valence-corrected chi connectivity index (χ2v) is 6.53. The molecular formula is C22H14N6O3. The minimum absolute atomic E-state index is 0.0282. The highest BCUT2D eigenvalue weighted by Crippen LogP contribution is 2.33. The lowest BCUT2D eigenvalue weighted by Gasteiger charge is -2.05. The van der Waals surface area contributed by atoms with Crippen LogP contribution in [0.4, 0.5) is 17.3 Å². The Morgan fingerprint density at radius 3 is 2.19 bits per heavy atom. The molecule has 2 aromatic carbocycles. The van der Waals surface area contributed by atoms with Gasteiger partial charge in [-0.3, -0.25) is 9.59 Å². The Kier molecular flexibility index (Phi) is 4.70. The monoisotopic (exact) mass is 410 g/mol. The molecule has 0 unspecified atom stereocenters. The zero-order valence-electron chi connectivity index (χ0n) is 16.2. The molecule has 1 aliphatic carbocycles. The zero-order chi connectivity index (χ0) is 22.1. The summed E-state index contributed by atoms with van der Waals surface area (Å²) in [5.41, 5.74) is 6.36. The number of fused-ring (bicyclic) bond motifs is 1. The standard InChI is InChI=1S/C22H14N6O3/c1-31-13-8-6-12(7-9-13)26-22-16(10-23)21(25)28(27-22)17(11-24)18-19(29)14-4-2-3-5-15(14)20(18)30/h2-9H,25H2,1H3,(H,26,27). The number of nitrogens with two attached hydrogens (primary N) is 1. The fourth-order valence-corrected chi connectivity index (χ4v) is 3.29. The van der Waals surface area contributed by atoms with Gasteiger partial charge in [-0.25, -0.2) is 4.68 Å². The third-order valence-electron chi connectivity index (χ3n) is 4.81. The molecule has 0 radical (unpaired) electrons. The number of benzene rings is 2. The summed E-state index contributed by atoms with van der Waals surface area (Å²) < 4.78 is 6.06. The van der Waals surface area contributed by atoms with Gasteiger partial charge < -0.3 is 15.8 Å². The Balaban J connectivity index is 1.82. The molecule has 0 fully saturated rings. The molecule has 0 saturated heterocycles. The van der Waals surface area contributed by atoms with Crippen LogP contribution in [0, 0.1) is 22.7 Å². The maximum absolute atomic E-state index is 12.8. The molecular weight excluding hydrogens is 396 g/mol. The molecule has 1 heterocycles. The number of Topliss-reactive ketones (excluding diaryl/α,β-unsaturated/α-hetero) is 2. The quantitative estimate of drug-likeness (QED) is 0.379. The number of hydrogen-bond donors (Lipinski definition) is 2. The predicted molar refractivity (Wildman–Crippen MR) is 112 cm³/mol. The third-order valence-corrected chi connectivity index (χ3v) is 4.81. The number of hydrogen-bond acceptors (Lipinski definition) is 8. The third kappa shape index (κ3) is 3.07. The van der Waals surface area contributed by atoms with E-state index >= 15 is 0 Å². The lowest BCUT2D eigenvalue weighted by atomic mass is 10.1. The number of nitrogen functional groups attached to an aromatic ring is 1. The van der Waals surface area contributed by atoms with E-state index < -0.39 is 11.6 Å². The number of rotatable bonds is 4. The van der Waals surface area contributed by atoms with Crippen molar-refractivity contribution in [1.82, 2.24) is 9.78 Å². The molecule has 150 valence electrons. The normalized spacial score (nSPS) is 12.2. The molecule has 4 rings (SSSR count). The molecule has 0 atom stereocenters. The lowest BCUT2D eigenvalue weighted by Crippen LogP contribution is -2.12. The Hall–Kier alpha value is -4.89. The number of nitrogens with one attached hydrogen (secondary N) is 1. The summed E-state index contributed by atoms with van der Waals surface area (Å²) in [6.45, 7) is 0. The van der Waals surface area contributed by atoms with E-state index in [1.54, 1.807) is 43.5 Å². The van der Waals surface area contributed by atoms with Gasteiger partial charge in [-0.2, -0.15) is 10.5 Å². The van der Waals surface area contributed by atoms with Crippen molar-refractivity contribution in [3.8, 4) is 17.9 Å². The summed E-state index contributed by atoms with van der Waals surface area (Å²) in [4.78, 5) is 25.6. The first-order valence-electron chi connectivity index (χ1n) is 9.03. The van der Waals surface area contributed by atoms with E-state index in [1.807, 2.05) is 12.1 Å². The molecule has 9 heteroatoms. The molecule has 31 heavy (non-hydrogen) atoms. The fourth-order valence-electron chi connectivity index (χ4n) is 3.29. The average molecular weight is 410 g/mol. The van der Waals surface area contributed by atoms with Crippen LogP contribution in [0.25, 0.3) is 5.70 Å². The number of allylic oxidation sites excluding steroid dienone is 2. The van der Waals surface area contributed by atoms with Crippen LogP contribution in [-0.2, 0) is 0 Å². The largest absolute Gasteiger partial charge is 0.497 e. The van der Waals surface area contributed by atoms with Gasteiger partial charge in [-0.15, -0.1) is 5.10 Å². The van der Waals surface area contributed by atoms with Crippen molar-refractivity contribution in [1.29, 1.82) is 10.5 Å². The second-order valence-electron chi connectivity index (χ2n) is 6.53. The summed E-state index contributed by atoms with van der Waals surface area (Å²) in [7, 11) is 1.54. The van der Waals surface area contributed by atoms with Gasteiger partial charge in [0.2, 0.25) is 11.6 Å². The summed E-state index contributed by atoms with van der Waals surface area (Å²) in [6, 6.07) is 16.9. The van der Waals surface area contributed by atoms with Crippen molar-refractivity contribution in [3.63, 3.8) is 0 Å². The van der Waals surface area contributed by atoms with Gasteiger partial charge in [0.1, 0.15) is 34.8 Å². The average Bonchev–Trinajstić information content (AvgIpc) is 3.24. The summed E-state index contributed by atoms with van der Waals surface area (Å²) in [5, 5.41) is 26.5. The molecule has 0 saturated carbocycles. The van der Waals surface area contributed by atoms with Crippen LogP contribution in [0.5, 0.6) is 5.75 Å². The number of anilines is 3.